The lowest BCUT2D eigenvalue weighted by molar-refractivity contribution is 0.101. The summed E-state index contributed by atoms with van der Waals surface area (Å²) in [6.45, 7) is 4.17. The van der Waals surface area contributed by atoms with Gasteiger partial charge < -0.3 is 5.32 Å². The van der Waals surface area contributed by atoms with Crippen molar-refractivity contribution < 1.29 is 13.6 Å². The van der Waals surface area contributed by atoms with Crippen LogP contribution in [0.3, 0.4) is 0 Å². The van der Waals surface area contributed by atoms with E-state index in [-0.39, 0.29) is 22.9 Å². The Kier molecular flexibility index (Phi) is 4.65. The van der Waals surface area contributed by atoms with E-state index >= 15 is 0 Å². The molecule has 1 N–H and O–H groups in total. The number of hydrogen-bond donors (Lipinski definition) is 1. The van der Waals surface area contributed by atoms with Crippen molar-refractivity contribution in [3.05, 3.63) is 58.0 Å². The summed E-state index contributed by atoms with van der Waals surface area (Å²) in [6, 6.07) is 5.19. The van der Waals surface area contributed by atoms with E-state index in [2.05, 4.69) is 10.4 Å². The molecule has 0 unspecified atom stereocenters. The molecule has 0 aliphatic heterocycles. The number of carbonyl (C=O) groups excluding carboxylic acids is 1. The molecule has 1 heterocycles. The number of nitrogens with one attached hydrogen (secondary N) is 1. The van der Waals surface area contributed by atoms with Crippen LogP contribution in [0.4, 0.5) is 14.5 Å². The number of benzene rings is 1. The number of nitrogens with zero attached hydrogens (tertiary/aromatic N) is 2. The maximum absolute atomic E-state index is 13.5. The van der Waals surface area contributed by atoms with E-state index in [9.17, 15) is 18.4 Å². The van der Waals surface area contributed by atoms with E-state index in [1.54, 1.807) is 0 Å². The van der Waals surface area contributed by atoms with Crippen molar-refractivity contribution in [1.82, 2.24) is 9.78 Å². The summed E-state index contributed by atoms with van der Waals surface area (Å²) in [5.41, 5.74) is -0.667. The van der Waals surface area contributed by atoms with Gasteiger partial charge in [-0.05, 0) is 24.1 Å². The van der Waals surface area contributed by atoms with Crippen molar-refractivity contribution in [3.8, 4) is 0 Å². The second-order valence-electron chi connectivity index (χ2n) is 5.21. The minimum Gasteiger partial charge on any atom is -0.318 e. The highest BCUT2D eigenvalue weighted by atomic mass is 19.1. The van der Waals surface area contributed by atoms with Gasteiger partial charge in [-0.1, -0.05) is 13.8 Å². The maximum atomic E-state index is 13.5. The van der Waals surface area contributed by atoms with Gasteiger partial charge in [0.05, 0.1) is 5.69 Å². The van der Waals surface area contributed by atoms with Gasteiger partial charge in [0.15, 0.2) is 0 Å². The third kappa shape index (κ3) is 3.75. The molecule has 2 aromatic rings. The average molecular weight is 307 g/mol. The van der Waals surface area contributed by atoms with Gasteiger partial charge in [-0.25, -0.2) is 13.5 Å². The van der Waals surface area contributed by atoms with E-state index < -0.39 is 17.5 Å². The number of anilines is 1. The van der Waals surface area contributed by atoms with E-state index in [0.29, 0.717) is 6.54 Å². The molecule has 0 bridgehead atoms. The minimum atomic E-state index is -0.759. The lowest BCUT2D eigenvalue weighted by Gasteiger charge is -2.10. The Morgan fingerprint density at radius 3 is 2.68 bits per heavy atom. The zero-order valence-electron chi connectivity index (χ0n) is 12.1. The molecule has 5 nitrogen and oxygen atoms in total. The number of amides is 1. The molecule has 0 radical (unpaired) electrons. The highest BCUT2D eigenvalue weighted by Crippen LogP contribution is 2.15. The fourth-order valence-electron chi connectivity index (χ4n) is 1.83. The number of rotatable bonds is 4. The lowest BCUT2D eigenvalue weighted by Crippen LogP contribution is -2.27. The Labute approximate surface area is 125 Å². The molecule has 7 heteroatoms. The summed E-state index contributed by atoms with van der Waals surface area (Å²) in [5, 5.41) is 6.17. The highest BCUT2D eigenvalue weighted by molar-refractivity contribution is 6.02. The molecule has 0 fully saturated rings. The van der Waals surface area contributed by atoms with Gasteiger partial charge in [-0.15, -0.1) is 0 Å². The smallest absolute Gasteiger partial charge is 0.276 e. The van der Waals surface area contributed by atoms with E-state index in [0.717, 1.165) is 18.2 Å². The van der Waals surface area contributed by atoms with E-state index in [4.69, 9.17) is 0 Å². The van der Waals surface area contributed by atoms with Crippen molar-refractivity contribution in [1.29, 1.82) is 0 Å². The minimum absolute atomic E-state index is 0.0519. The average Bonchev–Trinajstić information content (AvgIpc) is 2.44. The van der Waals surface area contributed by atoms with Crippen LogP contribution in [0.25, 0.3) is 0 Å². The first-order chi connectivity index (χ1) is 10.4. The number of carbonyl (C=O) groups is 1. The summed E-state index contributed by atoms with van der Waals surface area (Å²) in [4.78, 5) is 23.7. The van der Waals surface area contributed by atoms with Crippen LogP contribution < -0.4 is 10.9 Å². The topological polar surface area (TPSA) is 64.0 Å². The van der Waals surface area contributed by atoms with Gasteiger partial charge >= 0.3 is 0 Å². The van der Waals surface area contributed by atoms with Crippen LogP contribution in [0.15, 0.2) is 35.1 Å². The normalized spacial score (nSPS) is 10.8. The molecule has 1 aromatic carbocycles. The van der Waals surface area contributed by atoms with Crippen LogP contribution in [0.2, 0.25) is 0 Å². The first kappa shape index (κ1) is 15.8. The van der Waals surface area contributed by atoms with Crippen LogP contribution >= 0.6 is 0 Å². The molecule has 0 aliphatic carbocycles. The summed E-state index contributed by atoms with van der Waals surface area (Å²) in [6.07, 6.45) is 0. The zero-order chi connectivity index (χ0) is 16.3. The predicted molar refractivity (Wildman–Crippen MR) is 77.6 cm³/mol. The standard InChI is InChI=1S/C15H15F2N3O2/c1-9(2)8-20-14(21)6-5-12(19-20)15(22)18-13-7-10(16)3-4-11(13)17/h3-7,9H,8H2,1-2H3,(H,18,22). The third-order valence-corrected chi connectivity index (χ3v) is 2.81. The van der Waals surface area contributed by atoms with Gasteiger partial charge in [-0.2, -0.15) is 5.10 Å². The molecule has 0 atom stereocenters. The van der Waals surface area contributed by atoms with Crippen molar-refractivity contribution >= 4 is 11.6 Å². The summed E-state index contributed by atoms with van der Waals surface area (Å²) in [5.74, 6) is -1.98. The quantitative estimate of drug-likeness (QED) is 0.943. The Bertz CT molecular complexity index is 757. The molecule has 1 amide bonds. The first-order valence-electron chi connectivity index (χ1n) is 6.71. The van der Waals surface area contributed by atoms with Crippen LogP contribution in [0.5, 0.6) is 0 Å². The molecule has 0 aliphatic rings. The molecule has 116 valence electrons. The summed E-state index contributed by atoms with van der Waals surface area (Å²) >= 11 is 0. The largest absolute Gasteiger partial charge is 0.318 e. The fourth-order valence-corrected chi connectivity index (χ4v) is 1.83. The monoisotopic (exact) mass is 307 g/mol. The van der Waals surface area contributed by atoms with Gasteiger partial charge in [0.1, 0.15) is 17.3 Å². The summed E-state index contributed by atoms with van der Waals surface area (Å²) < 4.78 is 27.8. The van der Waals surface area contributed by atoms with E-state index in [1.165, 1.54) is 16.8 Å². The first-order valence-corrected chi connectivity index (χ1v) is 6.71. The second kappa shape index (κ2) is 6.46. The third-order valence-electron chi connectivity index (χ3n) is 2.81. The van der Waals surface area contributed by atoms with Crippen LogP contribution in [0.1, 0.15) is 24.3 Å². The lowest BCUT2D eigenvalue weighted by atomic mass is 10.2. The SMILES string of the molecule is CC(C)Cn1nc(C(=O)Nc2cc(F)ccc2F)ccc1=O. The molecule has 22 heavy (non-hydrogen) atoms. The van der Waals surface area contributed by atoms with Crippen molar-refractivity contribution in [2.45, 2.75) is 20.4 Å². The Morgan fingerprint density at radius 1 is 1.27 bits per heavy atom. The van der Waals surface area contributed by atoms with Crippen molar-refractivity contribution in [2.24, 2.45) is 5.92 Å². The molecule has 0 spiro atoms. The molecule has 0 saturated heterocycles. The predicted octanol–water partition coefficient (Wildman–Crippen LogP) is 2.43. The zero-order valence-corrected chi connectivity index (χ0v) is 12.1. The molecular formula is C15H15F2N3O2. The van der Waals surface area contributed by atoms with Crippen molar-refractivity contribution in [2.75, 3.05) is 5.32 Å². The Hall–Kier alpha value is -2.57. The van der Waals surface area contributed by atoms with Crippen molar-refractivity contribution in [3.63, 3.8) is 0 Å². The van der Waals surface area contributed by atoms with Crippen LogP contribution in [-0.2, 0) is 6.54 Å². The molecular weight excluding hydrogens is 292 g/mol. The van der Waals surface area contributed by atoms with Gasteiger partial charge in [0, 0.05) is 18.7 Å². The Balaban J connectivity index is 2.26. The van der Waals surface area contributed by atoms with Crippen LogP contribution in [0, 0.1) is 17.6 Å². The maximum Gasteiger partial charge on any atom is 0.276 e. The van der Waals surface area contributed by atoms with Crippen LogP contribution in [-0.4, -0.2) is 15.7 Å². The number of aromatic nitrogens is 2. The number of hydrogen-bond acceptors (Lipinski definition) is 3. The van der Waals surface area contributed by atoms with Gasteiger partial charge in [0.2, 0.25) is 0 Å². The van der Waals surface area contributed by atoms with Gasteiger partial charge in [0.25, 0.3) is 11.5 Å². The van der Waals surface area contributed by atoms with Gasteiger partial charge in [-0.3, -0.25) is 9.59 Å². The second-order valence-corrected chi connectivity index (χ2v) is 5.21. The molecule has 1 aromatic heterocycles. The summed E-state index contributed by atoms with van der Waals surface area (Å²) in [7, 11) is 0. The van der Waals surface area contributed by atoms with E-state index in [1.807, 2.05) is 13.8 Å². The Morgan fingerprint density at radius 2 is 2.00 bits per heavy atom. The number of halogens is 2. The highest BCUT2D eigenvalue weighted by Gasteiger charge is 2.13. The molecule has 2 rings (SSSR count). The molecule has 0 saturated carbocycles. The fraction of sp³-hybridized carbons (Fsp3) is 0.267.